The van der Waals surface area contributed by atoms with E-state index >= 15 is 0 Å². The van der Waals surface area contributed by atoms with E-state index in [9.17, 15) is 0 Å². The Morgan fingerprint density at radius 2 is 2.18 bits per heavy atom. The van der Waals surface area contributed by atoms with Crippen molar-refractivity contribution in [3.63, 3.8) is 0 Å². The van der Waals surface area contributed by atoms with Crippen LogP contribution in [0.5, 0.6) is 0 Å². The van der Waals surface area contributed by atoms with E-state index in [0.717, 1.165) is 6.61 Å². The maximum atomic E-state index is 5.76. The van der Waals surface area contributed by atoms with Crippen LogP contribution < -0.4 is 0 Å². The second kappa shape index (κ2) is 4.28. The summed E-state index contributed by atoms with van der Waals surface area (Å²) >= 11 is 8.27. The van der Waals surface area contributed by atoms with E-state index in [-0.39, 0.29) is 6.10 Å². The molecule has 0 N–H and O–H groups in total. The Kier molecular flexibility index (Phi) is 3.92. The number of rotatable bonds is 1. The van der Waals surface area contributed by atoms with Crippen LogP contribution in [-0.4, -0.2) is 22.5 Å². The monoisotopic (exact) mass is 288 g/mol. The fourth-order valence-corrected chi connectivity index (χ4v) is 2.47. The van der Waals surface area contributed by atoms with Gasteiger partial charge in [0.15, 0.2) is 0 Å². The first-order valence-electron chi connectivity index (χ1n) is 3.98. The maximum absolute atomic E-state index is 5.76. The predicted molar refractivity (Wildman–Crippen MR) is 56.6 cm³/mol. The minimum Gasteiger partial charge on any atom is -0.376 e. The maximum Gasteiger partial charge on any atom is 0.0746 e. The van der Waals surface area contributed by atoms with Gasteiger partial charge in [0.2, 0.25) is 0 Å². The molecule has 0 unspecified atom stereocenters. The number of alkyl halides is 2. The van der Waals surface area contributed by atoms with Crippen LogP contribution in [0.15, 0.2) is 0 Å². The van der Waals surface area contributed by atoms with Gasteiger partial charge >= 0.3 is 0 Å². The van der Waals surface area contributed by atoms with Crippen molar-refractivity contribution in [2.45, 2.75) is 23.9 Å². The molecule has 11 heavy (non-hydrogen) atoms. The molecule has 1 aliphatic heterocycles. The highest BCUT2D eigenvalue weighted by molar-refractivity contribution is 14.1. The number of hydrogen-bond donors (Lipinski definition) is 0. The van der Waals surface area contributed by atoms with Crippen LogP contribution in [0.3, 0.4) is 0 Å². The summed E-state index contributed by atoms with van der Waals surface area (Å²) in [5.41, 5.74) is 0. The average molecular weight is 289 g/mol. The lowest BCUT2D eigenvalue weighted by molar-refractivity contribution is -0.0255. The summed E-state index contributed by atoms with van der Waals surface area (Å²) in [4.78, 5) is 0. The fourth-order valence-electron chi connectivity index (χ4n) is 1.43. The second-order valence-corrected chi connectivity index (χ2v) is 5.05. The van der Waals surface area contributed by atoms with Gasteiger partial charge in [0.05, 0.1) is 12.7 Å². The standard InChI is InChI=1S/C8H14ClIO/c1-5-4-11-7(3-9)6(2)8(5)10/h5-8H,3-4H2,1-2H3/t5-,6-,7-,8+/m1/s1. The highest BCUT2D eigenvalue weighted by Gasteiger charge is 2.32. The van der Waals surface area contributed by atoms with Gasteiger partial charge < -0.3 is 4.74 Å². The lowest BCUT2D eigenvalue weighted by atomic mass is 9.91. The molecule has 0 aliphatic carbocycles. The van der Waals surface area contributed by atoms with Gasteiger partial charge in [-0.1, -0.05) is 36.4 Å². The van der Waals surface area contributed by atoms with Crippen molar-refractivity contribution in [3.05, 3.63) is 0 Å². The van der Waals surface area contributed by atoms with Crippen LogP contribution in [-0.2, 0) is 4.74 Å². The molecule has 0 radical (unpaired) electrons. The third kappa shape index (κ3) is 2.22. The molecule has 1 aliphatic rings. The zero-order valence-corrected chi connectivity index (χ0v) is 9.80. The average Bonchev–Trinajstić information content (AvgIpc) is 2.01. The summed E-state index contributed by atoms with van der Waals surface area (Å²) in [6, 6.07) is 0. The number of ether oxygens (including phenoxy) is 1. The van der Waals surface area contributed by atoms with E-state index in [4.69, 9.17) is 16.3 Å². The zero-order valence-electron chi connectivity index (χ0n) is 6.89. The number of halogens is 2. The predicted octanol–water partition coefficient (Wildman–Crippen LogP) is 2.70. The highest BCUT2D eigenvalue weighted by atomic mass is 127. The summed E-state index contributed by atoms with van der Waals surface area (Å²) in [5.74, 6) is 1.90. The van der Waals surface area contributed by atoms with Gasteiger partial charge in [-0.15, -0.1) is 11.6 Å². The van der Waals surface area contributed by atoms with Crippen LogP contribution in [0, 0.1) is 11.8 Å². The summed E-state index contributed by atoms with van der Waals surface area (Å²) in [5, 5.41) is 0. The Morgan fingerprint density at radius 1 is 1.55 bits per heavy atom. The van der Waals surface area contributed by atoms with Crippen LogP contribution >= 0.6 is 34.2 Å². The van der Waals surface area contributed by atoms with E-state index in [1.54, 1.807) is 0 Å². The SMILES string of the molecule is C[C@H]1[C@@H](I)[C@H](C)CO[C@@H]1CCl. The molecule has 0 amide bonds. The van der Waals surface area contributed by atoms with E-state index in [2.05, 4.69) is 36.4 Å². The molecule has 66 valence electrons. The lowest BCUT2D eigenvalue weighted by Gasteiger charge is -2.36. The van der Waals surface area contributed by atoms with Crippen molar-refractivity contribution >= 4 is 34.2 Å². The lowest BCUT2D eigenvalue weighted by Crippen LogP contribution is -2.41. The van der Waals surface area contributed by atoms with Gasteiger partial charge in [0.25, 0.3) is 0 Å². The second-order valence-electron chi connectivity index (χ2n) is 3.31. The normalized spacial score (nSPS) is 45.8. The third-order valence-corrected chi connectivity index (χ3v) is 5.02. The van der Waals surface area contributed by atoms with Gasteiger partial charge in [0, 0.05) is 9.80 Å². The zero-order chi connectivity index (χ0) is 8.43. The van der Waals surface area contributed by atoms with Gasteiger partial charge in [0.1, 0.15) is 0 Å². The van der Waals surface area contributed by atoms with Gasteiger partial charge in [-0.2, -0.15) is 0 Å². The molecular formula is C8H14ClIO. The molecule has 0 saturated carbocycles. The summed E-state index contributed by atoms with van der Waals surface area (Å²) in [6.07, 6.45) is 0.273. The Morgan fingerprint density at radius 3 is 2.73 bits per heavy atom. The van der Waals surface area contributed by atoms with E-state index in [0.29, 0.717) is 21.6 Å². The van der Waals surface area contributed by atoms with Gasteiger partial charge in [-0.25, -0.2) is 0 Å². The first-order chi connectivity index (χ1) is 5.16. The molecule has 3 heteroatoms. The summed E-state index contributed by atoms with van der Waals surface area (Å²) in [6.45, 7) is 5.33. The Labute approximate surface area is 87.0 Å². The van der Waals surface area contributed by atoms with E-state index < -0.39 is 0 Å². The molecular weight excluding hydrogens is 274 g/mol. The Hall–Kier alpha value is 0.980. The van der Waals surface area contributed by atoms with Gasteiger partial charge in [-0.3, -0.25) is 0 Å². The summed E-state index contributed by atoms with van der Waals surface area (Å²) < 4.78 is 6.30. The van der Waals surface area contributed by atoms with Crippen LogP contribution in [0.4, 0.5) is 0 Å². The third-order valence-electron chi connectivity index (χ3n) is 2.36. The highest BCUT2D eigenvalue weighted by Crippen LogP contribution is 2.31. The van der Waals surface area contributed by atoms with Crippen LogP contribution in [0.2, 0.25) is 0 Å². The van der Waals surface area contributed by atoms with Crippen molar-refractivity contribution in [1.29, 1.82) is 0 Å². The smallest absolute Gasteiger partial charge is 0.0746 e. The minimum absolute atomic E-state index is 0.273. The molecule has 1 nitrogen and oxygen atoms in total. The molecule has 1 saturated heterocycles. The molecule has 1 heterocycles. The van der Waals surface area contributed by atoms with Crippen molar-refractivity contribution < 1.29 is 4.74 Å². The van der Waals surface area contributed by atoms with Crippen molar-refractivity contribution in [2.75, 3.05) is 12.5 Å². The van der Waals surface area contributed by atoms with Gasteiger partial charge in [-0.05, 0) is 11.8 Å². The van der Waals surface area contributed by atoms with Crippen molar-refractivity contribution in [1.82, 2.24) is 0 Å². The molecule has 0 spiro atoms. The largest absolute Gasteiger partial charge is 0.376 e. The Bertz CT molecular complexity index is 129. The minimum atomic E-state index is 0.273. The fraction of sp³-hybridized carbons (Fsp3) is 1.00. The molecule has 0 aromatic rings. The number of hydrogen-bond acceptors (Lipinski definition) is 1. The van der Waals surface area contributed by atoms with Crippen LogP contribution in [0.1, 0.15) is 13.8 Å². The Balaban J connectivity index is 2.52. The van der Waals surface area contributed by atoms with Crippen molar-refractivity contribution in [2.24, 2.45) is 11.8 Å². The topological polar surface area (TPSA) is 9.23 Å². The molecule has 0 aromatic carbocycles. The first kappa shape index (κ1) is 10.1. The quantitative estimate of drug-likeness (QED) is 0.532. The molecule has 0 aromatic heterocycles. The molecule has 0 bridgehead atoms. The van der Waals surface area contributed by atoms with Crippen molar-refractivity contribution in [3.8, 4) is 0 Å². The first-order valence-corrected chi connectivity index (χ1v) is 5.76. The molecule has 1 fully saturated rings. The molecule has 1 rings (SSSR count). The van der Waals surface area contributed by atoms with E-state index in [1.807, 2.05) is 0 Å². The molecule has 4 atom stereocenters. The van der Waals surface area contributed by atoms with E-state index in [1.165, 1.54) is 0 Å². The van der Waals surface area contributed by atoms with Crippen LogP contribution in [0.25, 0.3) is 0 Å². The summed E-state index contributed by atoms with van der Waals surface area (Å²) in [7, 11) is 0.